The maximum absolute atomic E-state index is 7.17. The van der Waals surface area contributed by atoms with Gasteiger partial charge in [0.25, 0.3) is 0 Å². The third-order valence-electron chi connectivity index (χ3n) is 11.4. The molecule has 0 aliphatic heterocycles. The number of nitrogens with zero attached hydrogens (tertiary/aromatic N) is 4. The first-order chi connectivity index (χ1) is 28.7. The molecule has 0 bridgehead atoms. The Kier molecular flexibility index (Phi) is 7.16. The summed E-state index contributed by atoms with van der Waals surface area (Å²) in [6.07, 6.45) is 0. The molecule has 0 unspecified atom stereocenters. The van der Waals surface area contributed by atoms with Crippen molar-refractivity contribution in [1.29, 1.82) is 0 Å². The summed E-state index contributed by atoms with van der Waals surface area (Å²) in [5, 5.41) is 8.85. The summed E-state index contributed by atoms with van der Waals surface area (Å²) in [6, 6.07) is 67.9. The molecule has 0 radical (unpaired) electrons. The second kappa shape index (κ2) is 12.8. The molecule has 0 fully saturated rings. The fraction of sp³-hybridized carbons (Fsp3) is 0. The van der Waals surface area contributed by atoms with E-state index in [1.54, 1.807) is 0 Å². The average Bonchev–Trinajstić information content (AvgIpc) is 3.85. The van der Waals surface area contributed by atoms with Crippen LogP contribution < -0.4 is 0 Å². The van der Waals surface area contributed by atoms with Gasteiger partial charge in [-0.05, 0) is 63.7 Å². The third kappa shape index (κ3) is 5.07. The standard InChI is InChI=1S/C53H32N4O/c1-3-15-33(16-4-1)35-22-13-23-39(29-35)52-54-51(34-17-5-2-6-18-34)55-53(56-52)44-31-38-21-9-10-24-40(38)50-48(44)42-26-14-28-46(49(42)58-50)57-45-27-12-11-25-41(45)43-30-36-19-7-8-20-37(36)32-47(43)57/h1-32H. The number of para-hydroxylation sites is 2. The number of fused-ring (bicyclic) bond motifs is 9. The maximum Gasteiger partial charge on any atom is 0.164 e. The van der Waals surface area contributed by atoms with Gasteiger partial charge in [0, 0.05) is 43.6 Å². The molecule has 0 N–H and O–H groups in total. The van der Waals surface area contributed by atoms with E-state index < -0.39 is 0 Å². The van der Waals surface area contributed by atoms with Crippen LogP contribution in [0, 0.1) is 0 Å². The van der Waals surface area contributed by atoms with Gasteiger partial charge in [-0.3, -0.25) is 0 Å². The summed E-state index contributed by atoms with van der Waals surface area (Å²) in [5.41, 5.74) is 9.79. The van der Waals surface area contributed by atoms with Crippen LogP contribution in [0.3, 0.4) is 0 Å². The smallest absolute Gasteiger partial charge is 0.164 e. The van der Waals surface area contributed by atoms with Crippen LogP contribution in [-0.2, 0) is 0 Å². The Balaban J connectivity index is 1.15. The van der Waals surface area contributed by atoms with E-state index in [0.717, 1.165) is 77.2 Å². The van der Waals surface area contributed by atoms with E-state index in [1.165, 1.54) is 21.5 Å². The molecule has 58 heavy (non-hydrogen) atoms. The van der Waals surface area contributed by atoms with Crippen LogP contribution in [0.15, 0.2) is 199 Å². The molecule has 0 saturated heterocycles. The average molecular weight is 741 g/mol. The van der Waals surface area contributed by atoms with Gasteiger partial charge < -0.3 is 8.98 Å². The number of hydrogen-bond donors (Lipinski definition) is 0. The van der Waals surface area contributed by atoms with Gasteiger partial charge in [-0.15, -0.1) is 0 Å². The summed E-state index contributed by atoms with van der Waals surface area (Å²) < 4.78 is 9.53. The Labute approximate surface area is 333 Å². The van der Waals surface area contributed by atoms with Crippen LogP contribution in [-0.4, -0.2) is 19.5 Å². The van der Waals surface area contributed by atoms with E-state index in [-0.39, 0.29) is 0 Å². The van der Waals surface area contributed by atoms with Crippen molar-refractivity contribution < 1.29 is 4.42 Å². The molecule has 5 nitrogen and oxygen atoms in total. The normalized spacial score (nSPS) is 11.8. The molecule has 0 spiro atoms. The van der Waals surface area contributed by atoms with E-state index >= 15 is 0 Å². The van der Waals surface area contributed by atoms with Crippen LogP contribution in [0.4, 0.5) is 0 Å². The molecule has 12 aromatic rings. The van der Waals surface area contributed by atoms with E-state index in [2.05, 4.69) is 162 Å². The zero-order chi connectivity index (χ0) is 38.2. The van der Waals surface area contributed by atoms with Crippen LogP contribution in [0.1, 0.15) is 0 Å². The highest BCUT2D eigenvalue weighted by Gasteiger charge is 2.23. The molecule has 12 rings (SSSR count). The van der Waals surface area contributed by atoms with Crippen molar-refractivity contribution in [3.05, 3.63) is 194 Å². The topological polar surface area (TPSA) is 56.7 Å². The Morgan fingerprint density at radius 2 is 0.931 bits per heavy atom. The van der Waals surface area contributed by atoms with Gasteiger partial charge in [0.1, 0.15) is 5.58 Å². The summed E-state index contributed by atoms with van der Waals surface area (Å²) in [5.74, 6) is 1.80. The Hall–Kier alpha value is -7.89. The summed E-state index contributed by atoms with van der Waals surface area (Å²) >= 11 is 0. The molecule has 0 aliphatic carbocycles. The first-order valence-electron chi connectivity index (χ1n) is 19.5. The van der Waals surface area contributed by atoms with E-state index in [1.807, 2.05) is 36.4 Å². The summed E-state index contributed by atoms with van der Waals surface area (Å²) in [4.78, 5) is 15.6. The monoisotopic (exact) mass is 740 g/mol. The van der Waals surface area contributed by atoms with Gasteiger partial charge in [-0.2, -0.15) is 0 Å². The predicted molar refractivity (Wildman–Crippen MR) is 238 cm³/mol. The molecular weight excluding hydrogens is 709 g/mol. The second-order valence-electron chi connectivity index (χ2n) is 14.8. The fourth-order valence-corrected chi connectivity index (χ4v) is 8.70. The van der Waals surface area contributed by atoms with Crippen molar-refractivity contribution in [3.8, 4) is 51.0 Å². The van der Waals surface area contributed by atoms with E-state index in [0.29, 0.717) is 17.5 Å². The zero-order valence-corrected chi connectivity index (χ0v) is 31.2. The summed E-state index contributed by atoms with van der Waals surface area (Å²) in [6.45, 7) is 0. The second-order valence-corrected chi connectivity index (χ2v) is 14.8. The highest BCUT2D eigenvalue weighted by atomic mass is 16.3. The molecule has 0 aliphatic rings. The van der Waals surface area contributed by atoms with Gasteiger partial charge in [-0.25, -0.2) is 15.0 Å². The lowest BCUT2D eigenvalue weighted by molar-refractivity contribution is 0.670. The minimum Gasteiger partial charge on any atom is -0.453 e. The fourth-order valence-electron chi connectivity index (χ4n) is 8.70. The van der Waals surface area contributed by atoms with Gasteiger partial charge in [-0.1, -0.05) is 158 Å². The van der Waals surface area contributed by atoms with Gasteiger partial charge in [0.15, 0.2) is 23.1 Å². The Bertz CT molecular complexity index is 3570. The first kappa shape index (κ1) is 32.4. The van der Waals surface area contributed by atoms with Crippen molar-refractivity contribution in [1.82, 2.24) is 19.5 Å². The molecule has 9 aromatic carbocycles. The van der Waals surface area contributed by atoms with Crippen molar-refractivity contribution in [2.24, 2.45) is 0 Å². The molecule has 0 saturated carbocycles. The van der Waals surface area contributed by atoms with Gasteiger partial charge >= 0.3 is 0 Å². The summed E-state index contributed by atoms with van der Waals surface area (Å²) in [7, 11) is 0. The number of hydrogen-bond acceptors (Lipinski definition) is 4. The maximum atomic E-state index is 7.17. The number of rotatable bonds is 5. The number of benzene rings is 9. The molecule has 3 aromatic heterocycles. The van der Waals surface area contributed by atoms with E-state index in [9.17, 15) is 0 Å². The van der Waals surface area contributed by atoms with E-state index in [4.69, 9.17) is 19.4 Å². The van der Waals surface area contributed by atoms with Crippen molar-refractivity contribution in [3.63, 3.8) is 0 Å². The number of furan rings is 1. The molecule has 0 atom stereocenters. The largest absolute Gasteiger partial charge is 0.453 e. The van der Waals surface area contributed by atoms with Gasteiger partial charge in [0.05, 0.1) is 16.7 Å². The predicted octanol–water partition coefficient (Wildman–Crippen LogP) is 13.8. The van der Waals surface area contributed by atoms with Crippen LogP contribution in [0.25, 0.3) is 116 Å². The highest BCUT2D eigenvalue weighted by Crippen LogP contribution is 2.44. The SMILES string of the molecule is c1ccc(-c2cccc(-c3nc(-c4ccccc4)nc(-c4cc5ccccc5c5oc6c(-n7c8ccccc8c8cc9ccccc9cc87)cccc6c45)n3)c2)cc1. The number of aromatic nitrogens is 4. The van der Waals surface area contributed by atoms with Crippen LogP contribution >= 0.6 is 0 Å². The quantitative estimate of drug-likeness (QED) is 0.176. The molecule has 5 heteroatoms. The molecule has 0 amide bonds. The Morgan fingerprint density at radius 1 is 0.345 bits per heavy atom. The third-order valence-corrected chi connectivity index (χ3v) is 11.4. The first-order valence-corrected chi connectivity index (χ1v) is 19.5. The molecule has 3 heterocycles. The zero-order valence-electron chi connectivity index (χ0n) is 31.2. The minimum atomic E-state index is 0.584. The van der Waals surface area contributed by atoms with Gasteiger partial charge in [0.2, 0.25) is 0 Å². The lowest BCUT2D eigenvalue weighted by atomic mass is 9.99. The lowest BCUT2D eigenvalue weighted by Gasteiger charge is -2.11. The highest BCUT2D eigenvalue weighted by molar-refractivity contribution is 6.22. The van der Waals surface area contributed by atoms with Crippen LogP contribution in [0.2, 0.25) is 0 Å². The van der Waals surface area contributed by atoms with Crippen molar-refractivity contribution in [2.75, 3.05) is 0 Å². The lowest BCUT2D eigenvalue weighted by Crippen LogP contribution is -2.00. The van der Waals surface area contributed by atoms with Crippen molar-refractivity contribution >= 4 is 65.3 Å². The van der Waals surface area contributed by atoms with Crippen molar-refractivity contribution in [2.45, 2.75) is 0 Å². The molecule has 270 valence electrons. The van der Waals surface area contributed by atoms with Crippen LogP contribution in [0.5, 0.6) is 0 Å². The Morgan fingerprint density at radius 3 is 1.74 bits per heavy atom. The molecular formula is C53H32N4O. The minimum absolute atomic E-state index is 0.584.